The first-order valence-corrected chi connectivity index (χ1v) is 8.12. The SMILES string of the molecule is CN(C)C[C@@H](NC(=O)NCCc1cnccn1)c1ccc(Cl)cc1. The van der Waals surface area contributed by atoms with Crippen molar-refractivity contribution in [1.82, 2.24) is 25.5 Å². The van der Waals surface area contributed by atoms with Crippen LogP contribution in [0, 0.1) is 0 Å². The minimum absolute atomic E-state index is 0.117. The normalized spacial score (nSPS) is 12.0. The van der Waals surface area contributed by atoms with Crippen LogP contribution >= 0.6 is 11.6 Å². The number of halogens is 1. The van der Waals surface area contributed by atoms with Crippen LogP contribution in [0.25, 0.3) is 0 Å². The van der Waals surface area contributed by atoms with E-state index in [0.29, 0.717) is 24.5 Å². The Balaban J connectivity index is 1.88. The fourth-order valence-electron chi connectivity index (χ4n) is 2.27. The van der Waals surface area contributed by atoms with E-state index in [1.165, 1.54) is 0 Å². The van der Waals surface area contributed by atoms with E-state index in [-0.39, 0.29) is 12.1 Å². The summed E-state index contributed by atoms with van der Waals surface area (Å²) in [7, 11) is 3.94. The lowest BCUT2D eigenvalue weighted by atomic mass is 10.1. The molecule has 2 aromatic rings. The molecule has 0 aliphatic carbocycles. The van der Waals surface area contributed by atoms with Gasteiger partial charge in [0.2, 0.25) is 0 Å². The van der Waals surface area contributed by atoms with Gasteiger partial charge in [0.15, 0.2) is 0 Å². The Kier molecular flexibility index (Phi) is 6.96. The average Bonchev–Trinajstić information content (AvgIpc) is 2.55. The Morgan fingerprint density at radius 1 is 1.25 bits per heavy atom. The zero-order valence-electron chi connectivity index (χ0n) is 13.9. The predicted molar refractivity (Wildman–Crippen MR) is 95.0 cm³/mol. The Bertz CT molecular complexity index is 633. The van der Waals surface area contributed by atoms with Crippen molar-refractivity contribution >= 4 is 17.6 Å². The third kappa shape index (κ3) is 6.14. The van der Waals surface area contributed by atoms with Gasteiger partial charge in [-0.2, -0.15) is 0 Å². The highest BCUT2D eigenvalue weighted by atomic mass is 35.5. The molecule has 1 heterocycles. The average molecular weight is 348 g/mol. The lowest BCUT2D eigenvalue weighted by Gasteiger charge is -2.23. The van der Waals surface area contributed by atoms with Gasteiger partial charge in [-0.1, -0.05) is 23.7 Å². The van der Waals surface area contributed by atoms with Gasteiger partial charge < -0.3 is 15.5 Å². The Morgan fingerprint density at radius 2 is 2.00 bits per heavy atom. The van der Waals surface area contributed by atoms with Crippen molar-refractivity contribution in [1.29, 1.82) is 0 Å². The quantitative estimate of drug-likeness (QED) is 0.806. The number of hydrogen-bond acceptors (Lipinski definition) is 4. The fourth-order valence-corrected chi connectivity index (χ4v) is 2.39. The van der Waals surface area contributed by atoms with Crippen LogP contribution in [-0.2, 0) is 6.42 Å². The molecule has 0 spiro atoms. The van der Waals surface area contributed by atoms with E-state index in [0.717, 1.165) is 11.3 Å². The Labute approximate surface area is 147 Å². The molecule has 2 N–H and O–H groups in total. The minimum Gasteiger partial charge on any atom is -0.338 e. The fraction of sp³-hybridized carbons (Fsp3) is 0.353. The van der Waals surface area contributed by atoms with Crippen LogP contribution < -0.4 is 10.6 Å². The molecule has 24 heavy (non-hydrogen) atoms. The van der Waals surface area contributed by atoms with Gasteiger partial charge in [0, 0.05) is 43.1 Å². The van der Waals surface area contributed by atoms with Gasteiger partial charge >= 0.3 is 6.03 Å². The summed E-state index contributed by atoms with van der Waals surface area (Å²) in [4.78, 5) is 22.4. The summed E-state index contributed by atoms with van der Waals surface area (Å²) in [5.74, 6) is 0. The number of rotatable bonds is 7. The van der Waals surface area contributed by atoms with Crippen molar-refractivity contribution in [2.24, 2.45) is 0 Å². The van der Waals surface area contributed by atoms with E-state index in [1.54, 1.807) is 18.6 Å². The maximum Gasteiger partial charge on any atom is 0.315 e. The summed E-state index contributed by atoms with van der Waals surface area (Å²) in [5.41, 5.74) is 1.86. The summed E-state index contributed by atoms with van der Waals surface area (Å²) in [6, 6.07) is 7.18. The number of carbonyl (C=O) groups excluding carboxylic acids is 1. The smallest absolute Gasteiger partial charge is 0.315 e. The number of carbonyl (C=O) groups is 1. The molecule has 2 amide bonds. The first-order chi connectivity index (χ1) is 11.5. The summed E-state index contributed by atoms with van der Waals surface area (Å²) in [5, 5.41) is 6.53. The molecule has 0 aliphatic rings. The van der Waals surface area contributed by atoms with E-state index in [9.17, 15) is 4.79 Å². The standard InChI is InChI=1S/C17H22ClN5O/c1-23(2)12-16(13-3-5-14(18)6-4-13)22-17(24)21-8-7-15-11-19-9-10-20-15/h3-6,9-11,16H,7-8,12H2,1-2H3,(H2,21,22,24)/t16-/m1/s1. The van der Waals surface area contributed by atoms with Gasteiger partial charge in [0.05, 0.1) is 11.7 Å². The van der Waals surface area contributed by atoms with E-state index in [4.69, 9.17) is 11.6 Å². The van der Waals surface area contributed by atoms with Crippen molar-refractivity contribution in [2.45, 2.75) is 12.5 Å². The van der Waals surface area contributed by atoms with Crippen molar-refractivity contribution in [3.63, 3.8) is 0 Å². The predicted octanol–water partition coefficient (Wildman–Crippen LogP) is 2.27. The van der Waals surface area contributed by atoms with Gasteiger partial charge in [-0.25, -0.2) is 4.79 Å². The number of nitrogens with one attached hydrogen (secondary N) is 2. The van der Waals surface area contributed by atoms with Crippen LogP contribution in [0.5, 0.6) is 0 Å². The number of aromatic nitrogens is 2. The summed E-state index contributed by atoms with van der Waals surface area (Å²) in [6.07, 6.45) is 5.60. The second-order valence-corrected chi connectivity index (χ2v) is 6.15. The number of urea groups is 1. The van der Waals surface area contributed by atoms with E-state index in [2.05, 4.69) is 20.6 Å². The molecule has 0 saturated carbocycles. The first-order valence-electron chi connectivity index (χ1n) is 7.74. The van der Waals surface area contributed by atoms with Gasteiger partial charge in [-0.05, 0) is 31.8 Å². The minimum atomic E-state index is -0.208. The topological polar surface area (TPSA) is 70.2 Å². The van der Waals surface area contributed by atoms with Crippen molar-refractivity contribution in [3.05, 3.63) is 59.1 Å². The highest BCUT2D eigenvalue weighted by Gasteiger charge is 2.15. The zero-order valence-corrected chi connectivity index (χ0v) is 14.6. The molecule has 6 nitrogen and oxygen atoms in total. The van der Waals surface area contributed by atoms with Crippen LogP contribution in [0.15, 0.2) is 42.9 Å². The second-order valence-electron chi connectivity index (χ2n) is 5.71. The lowest BCUT2D eigenvalue weighted by Crippen LogP contribution is -2.42. The Morgan fingerprint density at radius 3 is 2.62 bits per heavy atom. The Hall–Kier alpha value is -2.18. The number of benzene rings is 1. The molecule has 1 aromatic carbocycles. The molecular weight excluding hydrogens is 326 g/mol. The summed E-state index contributed by atoms with van der Waals surface area (Å²) >= 11 is 5.93. The van der Waals surface area contributed by atoms with Gasteiger partial charge in [0.25, 0.3) is 0 Å². The molecule has 0 bridgehead atoms. The molecule has 0 radical (unpaired) electrons. The van der Waals surface area contributed by atoms with Crippen molar-refractivity contribution < 1.29 is 4.79 Å². The number of nitrogens with zero attached hydrogens (tertiary/aromatic N) is 3. The molecule has 7 heteroatoms. The number of likely N-dealkylation sites (N-methyl/N-ethyl adjacent to an activating group) is 1. The van der Waals surface area contributed by atoms with Crippen LogP contribution in [0.3, 0.4) is 0 Å². The molecule has 1 atom stereocenters. The van der Waals surface area contributed by atoms with Crippen LogP contribution in [0.2, 0.25) is 5.02 Å². The third-order valence-electron chi connectivity index (χ3n) is 3.41. The molecule has 0 fully saturated rings. The van der Waals surface area contributed by atoms with Crippen LogP contribution in [-0.4, -0.2) is 48.1 Å². The lowest BCUT2D eigenvalue weighted by molar-refractivity contribution is 0.233. The van der Waals surface area contributed by atoms with Gasteiger partial charge in [-0.3, -0.25) is 9.97 Å². The summed E-state index contributed by atoms with van der Waals surface area (Å²) < 4.78 is 0. The van der Waals surface area contributed by atoms with E-state index in [1.807, 2.05) is 43.3 Å². The van der Waals surface area contributed by atoms with Gasteiger partial charge in [0.1, 0.15) is 0 Å². The molecule has 1 aromatic heterocycles. The highest BCUT2D eigenvalue weighted by molar-refractivity contribution is 6.30. The van der Waals surface area contributed by atoms with Gasteiger partial charge in [-0.15, -0.1) is 0 Å². The highest BCUT2D eigenvalue weighted by Crippen LogP contribution is 2.17. The van der Waals surface area contributed by atoms with E-state index >= 15 is 0 Å². The maximum atomic E-state index is 12.2. The molecule has 2 rings (SSSR count). The third-order valence-corrected chi connectivity index (χ3v) is 3.66. The number of hydrogen-bond donors (Lipinski definition) is 2. The molecule has 0 unspecified atom stereocenters. The molecular formula is C17H22ClN5O. The van der Waals surface area contributed by atoms with Crippen LogP contribution in [0.1, 0.15) is 17.3 Å². The van der Waals surface area contributed by atoms with Crippen molar-refractivity contribution in [3.8, 4) is 0 Å². The number of amides is 2. The largest absolute Gasteiger partial charge is 0.338 e. The molecule has 0 aliphatic heterocycles. The van der Waals surface area contributed by atoms with Crippen molar-refractivity contribution in [2.75, 3.05) is 27.2 Å². The molecule has 0 saturated heterocycles. The first kappa shape index (κ1) is 18.2. The monoisotopic (exact) mass is 347 g/mol. The van der Waals surface area contributed by atoms with E-state index < -0.39 is 0 Å². The second kappa shape index (κ2) is 9.20. The van der Waals surface area contributed by atoms with Crippen LogP contribution in [0.4, 0.5) is 4.79 Å². The summed E-state index contributed by atoms with van der Waals surface area (Å²) in [6.45, 7) is 1.19. The zero-order chi connectivity index (χ0) is 17.4. The maximum absolute atomic E-state index is 12.2. The molecule has 128 valence electrons.